The molecular formula is C20H29N5O2. The van der Waals surface area contributed by atoms with Gasteiger partial charge in [-0.3, -0.25) is 4.79 Å². The van der Waals surface area contributed by atoms with Crippen LogP contribution in [0.25, 0.3) is 0 Å². The van der Waals surface area contributed by atoms with E-state index < -0.39 is 0 Å². The van der Waals surface area contributed by atoms with E-state index in [1.165, 1.54) is 5.69 Å². The van der Waals surface area contributed by atoms with Gasteiger partial charge in [0.2, 0.25) is 5.91 Å². The Bertz CT molecular complexity index is 780. The number of amides is 1. The Morgan fingerprint density at radius 1 is 1.22 bits per heavy atom. The third-order valence-electron chi connectivity index (χ3n) is 5.04. The lowest BCUT2D eigenvalue weighted by Gasteiger charge is -2.35. The monoisotopic (exact) mass is 371 g/mol. The number of aryl methyl sites for hydroxylation is 2. The minimum atomic E-state index is -0.389. The van der Waals surface area contributed by atoms with E-state index in [2.05, 4.69) is 57.6 Å². The van der Waals surface area contributed by atoms with E-state index in [0.717, 1.165) is 44.0 Å². The molecule has 1 aliphatic rings. The summed E-state index contributed by atoms with van der Waals surface area (Å²) in [6, 6.07) is 7.68. The SMILES string of the molecule is CCN1CCN(c2ccc(NC(C)C(=O)Nc3cc(C)on3)c(C)c2)CC1. The largest absolute Gasteiger partial charge is 0.374 e. The summed E-state index contributed by atoms with van der Waals surface area (Å²) in [7, 11) is 0. The molecular weight excluding hydrogens is 342 g/mol. The van der Waals surface area contributed by atoms with Crippen LogP contribution < -0.4 is 15.5 Å². The third kappa shape index (κ3) is 4.80. The Kier molecular flexibility index (Phi) is 6.01. The van der Waals surface area contributed by atoms with Crippen LogP contribution >= 0.6 is 0 Å². The van der Waals surface area contributed by atoms with Crippen LogP contribution in [0.3, 0.4) is 0 Å². The fourth-order valence-electron chi connectivity index (χ4n) is 3.29. The smallest absolute Gasteiger partial charge is 0.247 e. The summed E-state index contributed by atoms with van der Waals surface area (Å²) < 4.78 is 4.97. The quantitative estimate of drug-likeness (QED) is 0.813. The van der Waals surface area contributed by atoms with Crippen molar-refractivity contribution in [2.75, 3.05) is 48.3 Å². The topological polar surface area (TPSA) is 73.6 Å². The maximum atomic E-state index is 12.3. The maximum Gasteiger partial charge on any atom is 0.247 e. The predicted molar refractivity (Wildman–Crippen MR) is 108 cm³/mol. The molecule has 0 spiro atoms. The normalized spacial score (nSPS) is 16.2. The van der Waals surface area contributed by atoms with Gasteiger partial charge in [0.25, 0.3) is 0 Å². The van der Waals surface area contributed by atoms with Gasteiger partial charge in [-0.15, -0.1) is 0 Å². The summed E-state index contributed by atoms with van der Waals surface area (Å²) >= 11 is 0. The number of hydrogen-bond acceptors (Lipinski definition) is 6. The van der Waals surface area contributed by atoms with Crippen LogP contribution in [-0.2, 0) is 4.79 Å². The second-order valence-corrected chi connectivity index (χ2v) is 7.10. The molecule has 1 aliphatic heterocycles. The Labute approximate surface area is 160 Å². The summed E-state index contributed by atoms with van der Waals surface area (Å²) in [5.74, 6) is 0.948. The van der Waals surface area contributed by atoms with Gasteiger partial charge >= 0.3 is 0 Å². The number of carbonyl (C=O) groups excluding carboxylic acids is 1. The molecule has 7 nitrogen and oxygen atoms in total. The van der Waals surface area contributed by atoms with Gasteiger partial charge in [0.15, 0.2) is 5.82 Å². The molecule has 0 aliphatic carbocycles. The van der Waals surface area contributed by atoms with Crippen molar-refractivity contribution in [3.63, 3.8) is 0 Å². The van der Waals surface area contributed by atoms with E-state index in [0.29, 0.717) is 11.6 Å². The van der Waals surface area contributed by atoms with Crippen LogP contribution in [0, 0.1) is 13.8 Å². The van der Waals surface area contributed by atoms with Crippen LogP contribution in [0.2, 0.25) is 0 Å². The zero-order chi connectivity index (χ0) is 19.4. The number of likely N-dealkylation sites (N-methyl/N-ethyl adjacent to an activating group) is 1. The second-order valence-electron chi connectivity index (χ2n) is 7.10. The van der Waals surface area contributed by atoms with Crippen LogP contribution in [0.15, 0.2) is 28.8 Å². The minimum Gasteiger partial charge on any atom is -0.374 e. The van der Waals surface area contributed by atoms with Gasteiger partial charge in [-0.1, -0.05) is 12.1 Å². The van der Waals surface area contributed by atoms with Crippen LogP contribution in [0.1, 0.15) is 25.2 Å². The molecule has 2 aromatic rings. The fraction of sp³-hybridized carbons (Fsp3) is 0.500. The first-order valence-electron chi connectivity index (χ1n) is 9.55. The summed E-state index contributed by atoms with van der Waals surface area (Å²) in [5, 5.41) is 9.84. The minimum absolute atomic E-state index is 0.150. The number of rotatable bonds is 6. The molecule has 1 amide bonds. The summed E-state index contributed by atoms with van der Waals surface area (Å²) in [6.45, 7) is 13.3. The zero-order valence-corrected chi connectivity index (χ0v) is 16.6. The van der Waals surface area contributed by atoms with Crippen molar-refractivity contribution >= 4 is 23.1 Å². The Morgan fingerprint density at radius 2 is 1.96 bits per heavy atom. The van der Waals surface area contributed by atoms with Gasteiger partial charge < -0.3 is 25.0 Å². The first-order valence-corrected chi connectivity index (χ1v) is 9.55. The second kappa shape index (κ2) is 8.43. The molecule has 1 aromatic heterocycles. The number of anilines is 3. The standard InChI is InChI=1S/C20H29N5O2/c1-5-24-8-10-25(11-9-24)17-6-7-18(14(2)12-17)21-16(4)20(26)22-19-13-15(3)27-23-19/h6-7,12-13,16,21H,5,8-11H2,1-4H3,(H,22,23,26). The van der Waals surface area contributed by atoms with Gasteiger partial charge in [-0.25, -0.2) is 0 Å². The van der Waals surface area contributed by atoms with Crippen molar-refractivity contribution in [3.8, 4) is 0 Å². The van der Waals surface area contributed by atoms with Crippen LogP contribution in [0.5, 0.6) is 0 Å². The molecule has 27 heavy (non-hydrogen) atoms. The van der Waals surface area contributed by atoms with Crippen molar-refractivity contribution in [2.24, 2.45) is 0 Å². The number of aromatic nitrogens is 1. The summed E-state index contributed by atoms with van der Waals surface area (Å²) in [4.78, 5) is 17.2. The molecule has 3 rings (SSSR count). The van der Waals surface area contributed by atoms with E-state index in [9.17, 15) is 4.79 Å². The highest BCUT2D eigenvalue weighted by Gasteiger charge is 2.18. The summed E-state index contributed by atoms with van der Waals surface area (Å²) in [6.07, 6.45) is 0. The Morgan fingerprint density at radius 3 is 2.56 bits per heavy atom. The molecule has 1 aromatic carbocycles. The number of nitrogens with zero attached hydrogens (tertiary/aromatic N) is 3. The Hall–Kier alpha value is -2.54. The molecule has 0 saturated carbocycles. The van der Waals surface area contributed by atoms with Crippen LogP contribution in [-0.4, -0.2) is 54.7 Å². The molecule has 0 bridgehead atoms. The van der Waals surface area contributed by atoms with E-state index >= 15 is 0 Å². The predicted octanol–water partition coefficient (Wildman–Crippen LogP) is 2.87. The average Bonchev–Trinajstić information content (AvgIpc) is 3.08. The van der Waals surface area contributed by atoms with Crippen molar-refractivity contribution in [2.45, 2.75) is 33.7 Å². The van der Waals surface area contributed by atoms with E-state index in [1.54, 1.807) is 13.0 Å². The van der Waals surface area contributed by atoms with Crippen molar-refractivity contribution in [1.82, 2.24) is 10.1 Å². The van der Waals surface area contributed by atoms with Crippen molar-refractivity contribution < 1.29 is 9.32 Å². The molecule has 2 heterocycles. The fourth-order valence-corrected chi connectivity index (χ4v) is 3.29. The van der Waals surface area contributed by atoms with Crippen molar-refractivity contribution in [1.29, 1.82) is 0 Å². The molecule has 1 unspecified atom stereocenters. The molecule has 1 saturated heterocycles. The Balaban J connectivity index is 1.59. The molecule has 2 N–H and O–H groups in total. The molecule has 0 radical (unpaired) electrons. The highest BCUT2D eigenvalue weighted by atomic mass is 16.5. The maximum absolute atomic E-state index is 12.3. The van der Waals surface area contributed by atoms with E-state index in [-0.39, 0.29) is 11.9 Å². The van der Waals surface area contributed by atoms with Crippen molar-refractivity contribution in [3.05, 3.63) is 35.6 Å². The number of carbonyl (C=O) groups is 1. The molecule has 1 atom stereocenters. The van der Waals surface area contributed by atoms with Gasteiger partial charge in [-0.05, 0) is 51.1 Å². The number of nitrogens with one attached hydrogen (secondary N) is 2. The van der Waals surface area contributed by atoms with Gasteiger partial charge in [0.05, 0.1) is 0 Å². The third-order valence-corrected chi connectivity index (χ3v) is 5.04. The number of benzene rings is 1. The van der Waals surface area contributed by atoms with E-state index in [4.69, 9.17) is 4.52 Å². The zero-order valence-electron chi connectivity index (χ0n) is 16.6. The van der Waals surface area contributed by atoms with Gasteiger partial charge in [-0.2, -0.15) is 0 Å². The summed E-state index contributed by atoms with van der Waals surface area (Å²) in [5.41, 5.74) is 3.33. The lowest BCUT2D eigenvalue weighted by molar-refractivity contribution is -0.116. The lowest BCUT2D eigenvalue weighted by Crippen LogP contribution is -2.46. The van der Waals surface area contributed by atoms with Crippen LogP contribution in [0.4, 0.5) is 17.2 Å². The van der Waals surface area contributed by atoms with Gasteiger partial charge in [0.1, 0.15) is 11.8 Å². The van der Waals surface area contributed by atoms with Gasteiger partial charge in [0, 0.05) is 43.6 Å². The molecule has 1 fully saturated rings. The molecule has 7 heteroatoms. The highest BCUT2D eigenvalue weighted by molar-refractivity contribution is 5.95. The first kappa shape index (κ1) is 19.2. The first-order chi connectivity index (χ1) is 13.0. The number of piperazine rings is 1. The average molecular weight is 371 g/mol. The lowest BCUT2D eigenvalue weighted by atomic mass is 10.1. The van der Waals surface area contributed by atoms with E-state index in [1.807, 2.05) is 6.92 Å². The molecule has 146 valence electrons. The highest BCUT2D eigenvalue weighted by Crippen LogP contribution is 2.24. The number of hydrogen-bond donors (Lipinski definition) is 2.